The molecule has 0 fully saturated rings. The van der Waals surface area contributed by atoms with Crippen LogP contribution in [0.3, 0.4) is 0 Å². The number of nitrogens with one attached hydrogen (secondary N) is 1. The number of benzene rings is 1. The van der Waals surface area contributed by atoms with Gasteiger partial charge in [-0.25, -0.2) is 0 Å². The summed E-state index contributed by atoms with van der Waals surface area (Å²) in [7, 11) is 0. The monoisotopic (exact) mass is 277 g/mol. The van der Waals surface area contributed by atoms with Gasteiger partial charge in [-0.15, -0.1) is 11.3 Å². The van der Waals surface area contributed by atoms with Crippen molar-refractivity contribution in [3.63, 3.8) is 0 Å². The number of thiophene rings is 1. The van der Waals surface area contributed by atoms with E-state index in [0.717, 1.165) is 23.4 Å². The van der Waals surface area contributed by atoms with E-state index in [0.29, 0.717) is 5.02 Å². The Morgan fingerprint density at radius 2 is 2.17 bits per heavy atom. The highest BCUT2D eigenvalue weighted by Gasteiger charge is 2.18. The summed E-state index contributed by atoms with van der Waals surface area (Å²) in [5.41, 5.74) is 2.08. The molecule has 1 amide bonds. The Labute approximate surface area is 115 Å². The van der Waals surface area contributed by atoms with Crippen molar-refractivity contribution < 1.29 is 4.79 Å². The van der Waals surface area contributed by atoms with Crippen molar-refractivity contribution in [2.75, 3.05) is 5.32 Å². The fraction of sp³-hybridized carbons (Fsp3) is 0.214. The van der Waals surface area contributed by atoms with Crippen LogP contribution in [-0.2, 0) is 12.8 Å². The highest BCUT2D eigenvalue weighted by atomic mass is 35.5. The molecule has 1 aliphatic rings. The van der Waals surface area contributed by atoms with E-state index >= 15 is 0 Å². The van der Waals surface area contributed by atoms with Gasteiger partial charge in [0.05, 0.1) is 4.88 Å². The molecule has 0 spiro atoms. The summed E-state index contributed by atoms with van der Waals surface area (Å²) in [4.78, 5) is 14.2. The Balaban J connectivity index is 1.78. The molecule has 0 radical (unpaired) electrons. The first-order valence-corrected chi connectivity index (χ1v) is 7.10. The molecule has 1 aliphatic carbocycles. The van der Waals surface area contributed by atoms with Crippen LogP contribution >= 0.6 is 22.9 Å². The molecule has 0 saturated carbocycles. The van der Waals surface area contributed by atoms with Crippen LogP contribution in [0.15, 0.2) is 30.3 Å². The Kier molecular flexibility index (Phi) is 3.10. The largest absolute Gasteiger partial charge is 0.321 e. The van der Waals surface area contributed by atoms with Crippen LogP contribution in [0.25, 0.3) is 0 Å². The van der Waals surface area contributed by atoms with Gasteiger partial charge in [-0.05, 0) is 49.1 Å². The quantitative estimate of drug-likeness (QED) is 0.878. The molecule has 2 aromatic rings. The molecule has 0 unspecified atom stereocenters. The first-order chi connectivity index (χ1) is 8.72. The van der Waals surface area contributed by atoms with Crippen LogP contribution in [0.4, 0.5) is 5.69 Å². The van der Waals surface area contributed by atoms with Crippen LogP contribution in [-0.4, -0.2) is 5.91 Å². The molecule has 1 aromatic heterocycles. The lowest BCUT2D eigenvalue weighted by atomic mass is 10.2. The van der Waals surface area contributed by atoms with Crippen molar-refractivity contribution in [2.24, 2.45) is 0 Å². The molecule has 1 N–H and O–H groups in total. The van der Waals surface area contributed by atoms with Crippen LogP contribution in [0.1, 0.15) is 26.5 Å². The molecule has 2 nitrogen and oxygen atoms in total. The molecule has 0 aliphatic heterocycles. The van der Waals surface area contributed by atoms with E-state index in [-0.39, 0.29) is 5.91 Å². The van der Waals surface area contributed by atoms with Crippen molar-refractivity contribution in [3.8, 4) is 0 Å². The SMILES string of the molecule is O=C(Nc1cccc(Cl)c1)c1cc2c(s1)CCC2. The van der Waals surface area contributed by atoms with E-state index in [1.54, 1.807) is 23.5 Å². The number of aryl methyl sites for hydroxylation is 2. The number of fused-ring (bicyclic) bond motifs is 1. The van der Waals surface area contributed by atoms with Crippen LogP contribution in [0.2, 0.25) is 5.02 Å². The molecule has 1 aromatic carbocycles. The van der Waals surface area contributed by atoms with Gasteiger partial charge >= 0.3 is 0 Å². The highest BCUT2D eigenvalue weighted by molar-refractivity contribution is 7.14. The summed E-state index contributed by atoms with van der Waals surface area (Å²) in [6.45, 7) is 0. The maximum absolute atomic E-state index is 12.1. The number of anilines is 1. The first kappa shape index (κ1) is 11.8. The van der Waals surface area contributed by atoms with Crippen LogP contribution in [0.5, 0.6) is 0 Å². The van der Waals surface area contributed by atoms with Gasteiger partial charge in [0.1, 0.15) is 0 Å². The number of carbonyl (C=O) groups is 1. The van der Waals surface area contributed by atoms with Gasteiger partial charge < -0.3 is 5.32 Å². The second kappa shape index (κ2) is 4.75. The average molecular weight is 278 g/mol. The van der Waals surface area contributed by atoms with Gasteiger partial charge in [-0.3, -0.25) is 4.79 Å². The summed E-state index contributed by atoms with van der Waals surface area (Å²) >= 11 is 7.50. The lowest BCUT2D eigenvalue weighted by Gasteiger charge is -2.03. The van der Waals surface area contributed by atoms with E-state index in [1.807, 2.05) is 18.2 Å². The molecule has 18 heavy (non-hydrogen) atoms. The maximum atomic E-state index is 12.1. The zero-order valence-corrected chi connectivity index (χ0v) is 11.3. The Morgan fingerprint density at radius 1 is 1.28 bits per heavy atom. The second-order valence-electron chi connectivity index (χ2n) is 4.38. The number of rotatable bonds is 2. The molecule has 0 saturated heterocycles. The second-order valence-corrected chi connectivity index (χ2v) is 5.95. The normalized spacial score (nSPS) is 13.4. The minimum absolute atomic E-state index is 0.0448. The van der Waals surface area contributed by atoms with Gasteiger partial charge in [0.2, 0.25) is 0 Å². The molecule has 1 heterocycles. The Hall–Kier alpha value is -1.32. The molecule has 4 heteroatoms. The summed E-state index contributed by atoms with van der Waals surface area (Å²) in [5.74, 6) is -0.0448. The smallest absolute Gasteiger partial charge is 0.265 e. The number of halogens is 1. The molecule has 0 bridgehead atoms. The molecule has 92 valence electrons. The Bertz CT molecular complexity index is 584. The summed E-state index contributed by atoms with van der Waals surface area (Å²) in [6, 6.07) is 9.22. The zero-order valence-electron chi connectivity index (χ0n) is 9.70. The van der Waals surface area contributed by atoms with Crippen molar-refractivity contribution in [2.45, 2.75) is 19.3 Å². The topological polar surface area (TPSA) is 29.1 Å². The minimum Gasteiger partial charge on any atom is -0.321 e. The summed E-state index contributed by atoms with van der Waals surface area (Å²) in [5, 5.41) is 3.50. The van der Waals surface area contributed by atoms with E-state index in [2.05, 4.69) is 5.32 Å². The van der Waals surface area contributed by atoms with Crippen molar-refractivity contribution in [1.82, 2.24) is 0 Å². The average Bonchev–Trinajstić information content (AvgIpc) is 2.88. The summed E-state index contributed by atoms with van der Waals surface area (Å²) in [6.07, 6.45) is 3.44. The number of hydrogen-bond acceptors (Lipinski definition) is 2. The standard InChI is InChI=1S/C14H12ClNOS/c15-10-4-2-5-11(8-10)16-14(17)13-7-9-3-1-6-12(9)18-13/h2,4-5,7-8H,1,3,6H2,(H,16,17). The Morgan fingerprint density at radius 3 is 2.94 bits per heavy atom. The molecular formula is C14H12ClNOS. The highest BCUT2D eigenvalue weighted by Crippen LogP contribution is 2.31. The van der Waals surface area contributed by atoms with Crippen molar-refractivity contribution in [3.05, 3.63) is 50.7 Å². The van der Waals surface area contributed by atoms with E-state index in [1.165, 1.54) is 16.9 Å². The third kappa shape index (κ3) is 2.28. The summed E-state index contributed by atoms with van der Waals surface area (Å²) < 4.78 is 0. The van der Waals surface area contributed by atoms with Gasteiger partial charge in [0.15, 0.2) is 0 Å². The predicted octanol–water partition coefficient (Wildman–Crippen LogP) is 4.14. The van der Waals surface area contributed by atoms with Gasteiger partial charge in [0.25, 0.3) is 5.91 Å². The zero-order chi connectivity index (χ0) is 12.5. The minimum atomic E-state index is -0.0448. The van der Waals surface area contributed by atoms with Crippen LogP contribution in [0, 0.1) is 0 Å². The fourth-order valence-corrected chi connectivity index (χ4v) is 3.54. The lowest BCUT2D eigenvalue weighted by Crippen LogP contribution is -2.10. The number of hydrogen-bond donors (Lipinski definition) is 1. The number of amides is 1. The third-order valence-corrected chi connectivity index (χ3v) is 4.52. The van der Waals surface area contributed by atoms with Gasteiger partial charge in [0, 0.05) is 15.6 Å². The molecular weight excluding hydrogens is 266 g/mol. The number of carbonyl (C=O) groups excluding carboxylic acids is 1. The van der Waals surface area contributed by atoms with Crippen molar-refractivity contribution >= 4 is 34.5 Å². The first-order valence-electron chi connectivity index (χ1n) is 5.91. The van der Waals surface area contributed by atoms with Crippen LogP contribution < -0.4 is 5.32 Å². The maximum Gasteiger partial charge on any atom is 0.265 e. The van der Waals surface area contributed by atoms with Gasteiger partial charge in [-0.1, -0.05) is 17.7 Å². The van der Waals surface area contributed by atoms with E-state index < -0.39 is 0 Å². The molecule has 3 rings (SSSR count). The van der Waals surface area contributed by atoms with E-state index in [4.69, 9.17) is 11.6 Å². The fourth-order valence-electron chi connectivity index (χ4n) is 2.20. The molecule has 0 atom stereocenters. The lowest BCUT2D eigenvalue weighted by molar-refractivity contribution is 0.103. The van der Waals surface area contributed by atoms with Gasteiger partial charge in [-0.2, -0.15) is 0 Å². The predicted molar refractivity (Wildman–Crippen MR) is 75.7 cm³/mol. The van der Waals surface area contributed by atoms with E-state index in [9.17, 15) is 4.79 Å². The third-order valence-electron chi connectivity index (χ3n) is 3.05. The van der Waals surface area contributed by atoms with Crippen molar-refractivity contribution in [1.29, 1.82) is 0 Å².